The van der Waals surface area contributed by atoms with Gasteiger partial charge in [0.2, 0.25) is 0 Å². The van der Waals surface area contributed by atoms with Gasteiger partial charge in [-0.25, -0.2) is 4.98 Å². The summed E-state index contributed by atoms with van der Waals surface area (Å²) in [6.07, 6.45) is -2.72. The van der Waals surface area contributed by atoms with Crippen molar-refractivity contribution in [1.82, 2.24) is 20.4 Å². The van der Waals surface area contributed by atoms with Crippen LogP contribution in [0.15, 0.2) is 39.7 Å². The Bertz CT molecular complexity index is 781. The van der Waals surface area contributed by atoms with Gasteiger partial charge in [0.1, 0.15) is 11.4 Å². The van der Waals surface area contributed by atoms with Crippen LogP contribution in [0, 0.1) is 6.92 Å². The molecule has 114 valence electrons. The normalized spacial score (nSPS) is 11.8. The first kappa shape index (κ1) is 15.0. The van der Waals surface area contributed by atoms with Crippen LogP contribution in [0.3, 0.4) is 0 Å². The Hall–Kier alpha value is -1.87. The maximum Gasteiger partial charge on any atom is 0.416 e. The summed E-state index contributed by atoms with van der Waals surface area (Å²) >= 11 is 2.61. The number of benzene rings is 1. The lowest BCUT2D eigenvalue weighted by atomic mass is 10.2. The van der Waals surface area contributed by atoms with Crippen molar-refractivity contribution in [3.63, 3.8) is 0 Å². The molecular weight excluding hydrogens is 333 g/mol. The molecule has 3 rings (SSSR count). The largest absolute Gasteiger partial charge is 0.416 e. The number of hydrogen-bond donors (Lipinski definition) is 1. The van der Waals surface area contributed by atoms with Gasteiger partial charge in [-0.2, -0.15) is 13.2 Å². The summed E-state index contributed by atoms with van der Waals surface area (Å²) in [7, 11) is 0. The summed E-state index contributed by atoms with van der Waals surface area (Å²) < 4.78 is 38.8. The van der Waals surface area contributed by atoms with Crippen LogP contribution >= 0.6 is 23.1 Å². The fourth-order valence-electron chi connectivity index (χ4n) is 1.81. The second-order valence-corrected chi connectivity index (χ2v) is 6.89. The van der Waals surface area contributed by atoms with Gasteiger partial charge >= 0.3 is 6.18 Å². The number of nitrogens with zero attached hydrogens (tertiary/aromatic N) is 3. The molecule has 0 saturated carbocycles. The topological polar surface area (TPSA) is 54.5 Å². The molecule has 2 heterocycles. The number of aromatic amines is 1. The Morgan fingerprint density at radius 1 is 1.27 bits per heavy atom. The van der Waals surface area contributed by atoms with E-state index in [0.717, 1.165) is 17.0 Å². The number of halogens is 3. The highest BCUT2D eigenvalue weighted by Gasteiger charge is 2.30. The lowest BCUT2D eigenvalue weighted by Crippen LogP contribution is -2.04. The molecule has 1 N–H and O–H groups in total. The lowest BCUT2D eigenvalue weighted by Gasteiger charge is -2.07. The average molecular weight is 342 g/mol. The standard InChI is InChI=1S/C13H9F3N4S2/c1-7-11(10-6-17-20-19-10)18-12(21-7)22-9-4-2-3-8(5-9)13(14,15)16/h2-6H,1H3,(H,17,19,20). The summed E-state index contributed by atoms with van der Waals surface area (Å²) in [4.78, 5) is 5.85. The zero-order chi connectivity index (χ0) is 15.7. The maximum absolute atomic E-state index is 12.7. The van der Waals surface area contributed by atoms with E-state index in [4.69, 9.17) is 0 Å². The van der Waals surface area contributed by atoms with Crippen LogP contribution in [-0.2, 0) is 6.18 Å². The van der Waals surface area contributed by atoms with Crippen LogP contribution in [0.4, 0.5) is 13.2 Å². The van der Waals surface area contributed by atoms with Gasteiger partial charge in [0.15, 0.2) is 4.34 Å². The first-order chi connectivity index (χ1) is 10.4. The molecule has 1 aromatic carbocycles. The molecule has 0 fully saturated rings. The quantitative estimate of drug-likeness (QED) is 0.766. The second kappa shape index (κ2) is 5.73. The molecule has 0 bridgehead atoms. The smallest absolute Gasteiger partial charge is 0.265 e. The van der Waals surface area contributed by atoms with Crippen LogP contribution in [0.2, 0.25) is 0 Å². The van der Waals surface area contributed by atoms with Gasteiger partial charge in [-0.15, -0.1) is 16.4 Å². The second-order valence-electron chi connectivity index (χ2n) is 4.37. The van der Waals surface area contributed by atoms with Crippen molar-refractivity contribution in [2.24, 2.45) is 0 Å². The van der Waals surface area contributed by atoms with E-state index < -0.39 is 11.7 Å². The number of rotatable bonds is 3. The van der Waals surface area contributed by atoms with Gasteiger partial charge in [-0.1, -0.05) is 23.0 Å². The minimum absolute atomic E-state index is 0.496. The monoisotopic (exact) mass is 342 g/mol. The molecule has 22 heavy (non-hydrogen) atoms. The molecule has 0 aliphatic rings. The molecule has 0 unspecified atom stereocenters. The predicted octanol–water partition coefficient (Wildman–Crippen LogP) is 4.41. The number of nitrogens with one attached hydrogen (secondary N) is 1. The first-order valence-corrected chi connectivity index (χ1v) is 7.76. The number of aryl methyl sites for hydroxylation is 1. The molecule has 0 aliphatic heterocycles. The number of thiazole rings is 1. The third-order valence-corrected chi connectivity index (χ3v) is 4.82. The Kier molecular flexibility index (Phi) is 3.92. The number of alkyl halides is 3. The fraction of sp³-hybridized carbons (Fsp3) is 0.154. The SMILES string of the molecule is Cc1sc(Sc2cccc(C(F)(F)F)c2)nc1-c1c[nH]nn1. The Morgan fingerprint density at radius 2 is 2.09 bits per heavy atom. The van der Waals surface area contributed by atoms with Crippen molar-refractivity contribution in [1.29, 1.82) is 0 Å². The Balaban J connectivity index is 1.87. The molecular formula is C13H9F3N4S2. The molecule has 4 nitrogen and oxygen atoms in total. The van der Waals surface area contributed by atoms with E-state index in [1.54, 1.807) is 12.3 Å². The summed E-state index contributed by atoms with van der Waals surface area (Å²) in [5, 5.41) is 10.1. The summed E-state index contributed by atoms with van der Waals surface area (Å²) in [6, 6.07) is 5.20. The van der Waals surface area contributed by atoms with Crippen LogP contribution < -0.4 is 0 Å². The third kappa shape index (κ3) is 3.14. The molecule has 0 radical (unpaired) electrons. The van der Waals surface area contributed by atoms with Crippen LogP contribution in [0.1, 0.15) is 10.4 Å². The van der Waals surface area contributed by atoms with Gasteiger partial charge in [0.25, 0.3) is 0 Å². The predicted molar refractivity (Wildman–Crippen MR) is 77.8 cm³/mol. The minimum atomic E-state index is -4.35. The van der Waals surface area contributed by atoms with E-state index in [9.17, 15) is 13.2 Å². The zero-order valence-electron chi connectivity index (χ0n) is 11.2. The molecule has 0 aliphatic carbocycles. The maximum atomic E-state index is 12.7. The zero-order valence-corrected chi connectivity index (χ0v) is 12.8. The van der Waals surface area contributed by atoms with Crippen LogP contribution in [0.25, 0.3) is 11.4 Å². The van der Waals surface area contributed by atoms with Crippen molar-refractivity contribution in [3.05, 3.63) is 40.9 Å². The Morgan fingerprint density at radius 3 is 2.77 bits per heavy atom. The van der Waals surface area contributed by atoms with Crippen molar-refractivity contribution in [2.45, 2.75) is 22.3 Å². The van der Waals surface area contributed by atoms with E-state index >= 15 is 0 Å². The van der Waals surface area contributed by atoms with Gasteiger partial charge in [-0.05, 0) is 25.1 Å². The Labute approximate surface area is 131 Å². The summed E-state index contributed by atoms with van der Waals surface area (Å²) in [5.74, 6) is 0. The third-order valence-electron chi connectivity index (χ3n) is 2.80. The number of H-pyrrole nitrogens is 1. The van der Waals surface area contributed by atoms with E-state index in [-0.39, 0.29) is 0 Å². The highest BCUT2D eigenvalue weighted by molar-refractivity contribution is 8.01. The number of hydrogen-bond acceptors (Lipinski definition) is 5. The van der Waals surface area contributed by atoms with Crippen molar-refractivity contribution in [2.75, 3.05) is 0 Å². The van der Waals surface area contributed by atoms with E-state index in [0.29, 0.717) is 20.6 Å². The fourth-order valence-corrected chi connectivity index (χ4v) is 3.95. The molecule has 0 atom stereocenters. The van der Waals surface area contributed by atoms with Crippen molar-refractivity contribution >= 4 is 23.1 Å². The van der Waals surface area contributed by atoms with Crippen molar-refractivity contribution in [3.8, 4) is 11.4 Å². The van der Waals surface area contributed by atoms with Gasteiger partial charge < -0.3 is 0 Å². The molecule has 9 heteroatoms. The van der Waals surface area contributed by atoms with E-state index in [1.807, 2.05) is 6.92 Å². The van der Waals surface area contributed by atoms with Gasteiger partial charge in [-0.3, -0.25) is 5.10 Å². The minimum Gasteiger partial charge on any atom is -0.265 e. The van der Waals surface area contributed by atoms with Gasteiger partial charge in [0.05, 0.1) is 11.8 Å². The van der Waals surface area contributed by atoms with Crippen LogP contribution in [-0.4, -0.2) is 20.4 Å². The molecule has 0 saturated heterocycles. The van der Waals surface area contributed by atoms with E-state index in [2.05, 4.69) is 20.4 Å². The van der Waals surface area contributed by atoms with Gasteiger partial charge in [0, 0.05) is 9.77 Å². The highest BCUT2D eigenvalue weighted by Crippen LogP contribution is 2.38. The van der Waals surface area contributed by atoms with E-state index in [1.165, 1.54) is 29.2 Å². The average Bonchev–Trinajstić information content (AvgIpc) is 3.07. The number of aromatic nitrogens is 4. The molecule has 0 spiro atoms. The molecule has 3 aromatic rings. The van der Waals surface area contributed by atoms with Crippen LogP contribution in [0.5, 0.6) is 0 Å². The lowest BCUT2D eigenvalue weighted by molar-refractivity contribution is -0.137. The highest BCUT2D eigenvalue weighted by atomic mass is 32.2. The summed E-state index contributed by atoms with van der Waals surface area (Å²) in [5.41, 5.74) is 0.639. The van der Waals surface area contributed by atoms with Crippen molar-refractivity contribution < 1.29 is 13.2 Å². The molecule has 0 amide bonds. The first-order valence-electron chi connectivity index (χ1n) is 6.13. The summed E-state index contributed by atoms with van der Waals surface area (Å²) in [6.45, 7) is 1.89. The molecule has 2 aromatic heterocycles.